The number of nitrogens with zero attached hydrogens (tertiary/aromatic N) is 5. The lowest BCUT2D eigenvalue weighted by molar-refractivity contribution is 1.07. The van der Waals surface area contributed by atoms with Crippen LogP contribution in [-0.2, 0) is 0 Å². The number of fused-ring (bicyclic) bond motifs is 9. The fourth-order valence-electron chi connectivity index (χ4n) is 9.72. The van der Waals surface area contributed by atoms with Crippen molar-refractivity contribution in [3.8, 4) is 45.5 Å². The topological polar surface area (TPSA) is 48.5 Å². The highest BCUT2D eigenvalue weighted by Crippen LogP contribution is 2.42. The van der Waals surface area contributed by atoms with Crippen molar-refractivity contribution in [3.05, 3.63) is 212 Å². The van der Waals surface area contributed by atoms with Gasteiger partial charge in [0.2, 0.25) is 0 Å². The number of hydrogen-bond acceptors (Lipinski definition) is 3. The molecular formula is C57H35N5. The number of benzene rings is 10. The van der Waals surface area contributed by atoms with Crippen LogP contribution in [-0.4, -0.2) is 24.1 Å². The predicted molar refractivity (Wildman–Crippen MR) is 257 cm³/mol. The first-order chi connectivity index (χ1) is 30.7. The molecule has 0 aliphatic rings. The van der Waals surface area contributed by atoms with E-state index in [9.17, 15) is 0 Å². The Hall–Kier alpha value is -8.41. The zero-order chi connectivity index (χ0) is 40.7. The molecule has 13 aromatic rings. The maximum absolute atomic E-state index is 5.52. The predicted octanol–water partition coefficient (Wildman–Crippen LogP) is 14.5. The Morgan fingerprint density at radius 3 is 1.61 bits per heavy atom. The monoisotopic (exact) mass is 789 g/mol. The zero-order valence-electron chi connectivity index (χ0n) is 33.4. The molecule has 0 radical (unpaired) electrons. The van der Waals surface area contributed by atoms with Crippen molar-refractivity contribution >= 4 is 75.9 Å². The molecule has 5 heteroatoms. The number of rotatable bonds is 5. The minimum Gasteiger partial charge on any atom is -0.309 e. The Labute approximate surface area is 356 Å². The van der Waals surface area contributed by atoms with Gasteiger partial charge in [-0.2, -0.15) is 0 Å². The van der Waals surface area contributed by atoms with Crippen molar-refractivity contribution < 1.29 is 0 Å². The van der Waals surface area contributed by atoms with E-state index in [4.69, 9.17) is 15.0 Å². The fraction of sp³-hybridized carbons (Fsp3) is 0. The summed E-state index contributed by atoms with van der Waals surface area (Å²) in [5, 5.41) is 11.5. The molecule has 0 saturated heterocycles. The Morgan fingerprint density at radius 2 is 0.839 bits per heavy atom. The van der Waals surface area contributed by atoms with Crippen molar-refractivity contribution in [1.29, 1.82) is 0 Å². The van der Waals surface area contributed by atoms with E-state index in [1.807, 2.05) is 0 Å². The van der Waals surface area contributed by atoms with Crippen molar-refractivity contribution in [2.45, 2.75) is 0 Å². The van der Waals surface area contributed by atoms with Gasteiger partial charge in [-0.25, -0.2) is 15.0 Å². The van der Waals surface area contributed by atoms with E-state index in [1.165, 1.54) is 26.9 Å². The van der Waals surface area contributed by atoms with Gasteiger partial charge in [0, 0.05) is 38.4 Å². The summed E-state index contributed by atoms with van der Waals surface area (Å²) in [5.74, 6) is 1.85. The maximum atomic E-state index is 5.52. The SMILES string of the molecule is c1ccc(-n2c3ccccc3c3cc(-c4nc(-c5cccc6ccccc56)nc(-c5c(-n6c7ccccc7c7cc8ccccc8cc76)ccc6ccccc56)n4)ccc32)cc1. The minimum atomic E-state index is 0.614. The first kappa shape index (κ1) is 34.5. The third-order valence-corrected chi connectivity index (χ3v) is 12.5. The first-order valence-electron chi connectivity index (χ1n) is 21.0. The van der Waals surface area contributed by atoms with Gasteiger partial charge in [-0.1, -0.05) is 152 Å². The lowest BCUT2D eigenvalue weighted by atomic mass is 10.0. The van der Waals surface area contributed by atoms with Crippen LogP contribution in [0.1, 0.15) is 0 Å². The van der Waals surface area contributed by atoms with Crippen molar-refractivity contribution in [2.24, 2.45) is 0 Å². The molecule has 0 saturated carbocycles. The first-order valence-corrected chi connectivity index (χ1v) is 21.0. The quantitative estimate of drug-likeness (QED) is 0.174. The molecule has 62 heavy (non-hydrogen) atoms. The van der Waals surface area contributed by atoms with Crippen LogP contribution in [0.2, 0.25) is 0 Å². The second-order valence-electron chi connectivity index (χ2n) is 16.0. The zero-order valence-corrected chi connectivity index (χ0v) is 33.4. The second kappa shape index (κ2) is 13.6. The summed E-state index contributed by atoms with van der Waals surface area (Å²) >= 11 is 0. The molecule has 3 aromatic heterocycles. The summed E-state index contributed by atoms with van der Waals surface area (Å²) in [6, 6.07) is 75.7. The number of hydrogen-bond donors (Lipinski definition) is 0. The van der Waals surface area contributed by atoms with Gasteiger partial charge in [-0.15, -0.1) is 0 Å². The van der Waals surface area contributed by atoms with Gasteiger partial charge in [0.05, 0.1) is 33.3 Å². The van der Waals surface area contributed by atoms with E-state index in [1.54, 1.807) is 0 Å². The van der Waals surface area contributed by atoms with Gasteiger partial charge >= 0.3 is 0 Å². The van der Waals surface area contributed by atoms with Crippen LogP contribution < -0.4 is 0 Å². The minimum absolute atomic E-state index is 0.614. The average Bonchev–Trinajstić information content (AvgIpc) is 3.84. The van der Waals surface area contributed by atoms with Crippen molar-refractivity contribution in [3.63, 3.8) is 0 Å². The Balaban J connectivity index is 1.13. The molecule has 0 bridgehead atoms. The van der Waals surface area contributed by atoms with Crippen LogP contribution in [0, 0.1) is 0 Å². The highest BCUT2D eigenvalue weighted by molar-refractivity contribution is 6.15. The summed E-state index contributed by atoms with van der Waals surface area (Å²) in [6.45, 7) is 0. The molecule has 0 fully saturated rings. The standard InChI is InChI=1S/C57H35N5/c1-2-20-41(21-3-1)61-49-27-12-10-24-44(49)47-34-40(30-31-51(47)61)55-58-56(46-26-14-19-36-15-6-8-22-42(36)46)60-57(59-55)54-43-23-9-7-16-37(43)29-32-52(54)62-50-28-13-11-25-45(50)48-33-38-17-4-5-18-39(38)35-53(48)62/h1-35H. The van der Waals surface area contributed by atoms with Gasteiger partial charge in [-0.3, -0.25) is 0 Å². The van der Waals surface area contributed by atoms with Crippen LogP contribution in [0.5, 0.6) is 0 Å². The normalized spacial score (nSPS) is 11.9. The molecule has 0 unspecified atom stereocenters. The Kier molecular flexibility index (Phi) is 7.54. The molecule has 0 aliphatic carbocycles. The van der Waals surface area contributed by atoms with E-state index in [0.29, 0.717) is 17.5 Å². The largest absolute Gasteiger partial charge is 0.309 e. The van der Waals surface area contributed by atoms with Gasteiger partial charge in [0.25, 0.3) is 0 Å². The maximum Gasteiger partial charge on any atom is 0.166 e. The van der Waals surface area contributed by atoms with Crippen LogP contribution in [0.25, 0.3) is 121 Å². The van der Waals surface area contributed by atoms with E-state index in [0.717, 1.165) is 77.1 Å². The van der Waals surface area contributed by atoms with E-state index >= 15 is 0 Å². The molecule has 0 spiro atoms. The molecule has 13 rings (SSSR count). The van der Waals surface area contributed by atoms with Gasteiger partial charge < -0.3 is 9.13 Å². The van der Waals surface area contributed by atoms with Crippen molar-refractivity contribution in [1.82, 2.24) is 24.1 Å². The molecule has 0 atom stereocenters. The molecular weight excluding hydrogens is 755 g/mol. The number of aromatic nitrogens is 5. The smallest absolute Gasteiger partial charge is 0.166 e. The van der Waals surface area contributed by atoms with Gasteiger partial charge in [0.1, 0.15) is 0 Å². The van der Waals surface area contributed by atoms with Crippen molar-refractivity contribution in [2.75, 3.05) is 0 Å². The Bertz CT molecular complexity index is 3930. The van der Waals surface area contributed by atoms with E-state index in [-0.39, 0.29) is 0 Å². The third kappa shape index (κ3) is 5.25. The van der Waals surface area contributed by atoms with Crippen LogP contribution in [0.15, 0.2) is 212 Å². The summed E-state index contributed by atoms with van der Waals surface area (Å²) in [4.78, 5) is 16.4. The molecule has 3 heterocycles. The van der Waals surface area contributed by atoms with Crippen LogP contribution in [0.4, 0.5) is 0 Å². The summed E-state index contributed by atoms with van der Waals surface area (Å²) in [5.41, 5.74) is 9.48. The third-order valence-electron chi connectivity index (χ3n) is 12.5. The van der Waals surface area contributed by atoms with E-state index < -0.39 is 0 Å². The van der Waals surface area contributed by atoms with Crippen LogP contribution >= 0.6 is 0 Å². The Morgan fingerprint density at radius 1 is 0.290 bits per heavy atom. The average molecular weight is 790 g/mol. The summed E-state index contributed by atoms with van der Waals surface area (Å²) in [7, 11) is 0. The molecule has 10 aromatic carbocycles. The molecule has 0 N–H and O–H groups in total. The molecule has 0 aliphatic heterocycles. The lowest BCUT2D eigenvalue weighted by Gasteiger charge is -2.17. The molecule has 5 nitrogen and oxygen atoms in total. The fourth-order valence-corrected chi connectivity index (χ4v) is 9.72. The van der Waals surface area contributed by atoms with E-state index in [2.05, 4.69) is 221 Å². The lowest BCUT2D eigenvalue weighted by Crippen LogP contribution is -2.04. The molecule has 288 valence electrons. The van der Waals surface area contributed by atoms with Gasteiger partial charge in [-0.05, 0) is 93.0 Å². The van der Waals surface area contributed by atoms with Crippen LogP contribution in [0.3, 0.4) is 0 Å². The van der Waals surface area contributed by atoms with Gasteiger partial charge in [0.15, 0.2) is 17.5 Å². The molecule has 0 amide bonds. The highest BCUT2D eigenvalue weighted by atomic mass is 15.1. The highest BCUT2D eigenvalue weighted by Gasteiger charge is 2.23. The summed E-state index contributed by atoms with van der Waals surface area (Å²) in [6.07, 6.45) is 0. The number of para-hydroxylation sites is 3. The summed E-state index contributed by atoms with van der Waals surface area (Å²) < 4.78 is 4.75. The second-order valence-corrected chi connectivity index (χ2v) is 16.0.